The molecule has 0 radical (unpaired) electrons. The Balaban J connectivity index is 1.71. The minimum atomic E-state index is -0.536. The second-order valence-corrected chi connectivity index (χ2v) is 7.19. The van der Waals surface area contributed by atoms with Gasteiger partial charge in [0, 0.05) is 7.05 Å². The topological polar surface area (TPSA) is 66.5 Å². The van der Waals surface area contributed by atoms with E-state index in [1.54, 1.807) is 7.05 Å². The molecule has 2 bridgehead atoms. The number of nitrogens with zero attached hydrogens (tertiary/aromatic N) is 1. The molecule has 3 aliphatic carbocycles. The van der Waals surface area contributed by atoms with Gasteiger partial charge in [0.2, 0.25) is 17.7 Å². The van der Waals surface area contributed by atoms with Gasteiger partial charge in [-0.3, -0.25) is 19.3 Å². The van der Waals surface area contributed by atoms with Gasteiger partial charge in [0.25, 0.3) is 0 Å². The molecule has 25 heavy (non-hydrogen) atoms. The molecular formula is C20H22N2O3. The highest BCUT2D eigenvalue weighted by molar-refractivity contribution is 6.06. The Hall–Kier alpha value is -2.43. The van der Waals surface area contributed by atoms with Crippen LogP contribution in [0.3, 0.4) is 0 Å². The van der Waals surface area contributed by atoms with Crippen molar-refractivity contribution >= 4 is 17.7 Å². The highest BCUT2D eigenvalue weighted by Gasteiger charge is 2.58. The number of rotatable bonds is 4. The fourth-order valence-electron chi connectivity index (χ4n) is 4.72. The zero-order chi connectivity index (χ0) is 17.6. The molecule has 1 saturated carbocycles. The average molecular weight is 338 g/mol. The van der Waals surface area contributed by atoms with Crippen molar-refractivity contribution in [2.75, 3.05) is 7.05 Å². The highest BCUT2D eigenvalue weighted by atomic mass is 16.2. The third-order valence-corrected chi connectivity index (χ3v) is 5.95. The van der Waals surface area contributed by atoms with Gasteiger partial charge in [0.15, 0.2) is 0 Å². The van der Waals surface area contributed by atoms with Crippen molar-refractivity contribution < 1.29 is 14.4 Å². The lowest BCUT2D eigenvalue weighted by molar-refractivity contribution is -0.143. The fraction of sp³-hybridized carbons (Fsp3) is 0.450. The van der Waals surface area contributed by atoms with Gasteiger partial charge in [-0.2, -0.15) is 0 Å². The van der Waals surface area contributed by atoms with E-state index in [0.717, 1.165) is 18.4 Å². The van der Waals surface area contributed by atoms with Crippen molar-refractivity contribution in [3.05, 3.63) is 48.0 Å². The van der Waals surface area contributed by atoms with Crippen LogP contribution in [0.15, 0.2) is 42.5 Å². The first kappa shape index (κ1) is 16.1. The Morgan fingerprint density at radius 1 is 1.08 bits per heavy atom. The third-order valence-electron chi connectivity index (χ3n) is 5.95. The maximum Gasteiger partial charge on any atom is 0.234 e. The Bertz CT molecular complexity index is 711. The van der Waals surface area contributed by atoms with Crippen molar-refractivity contribution in [1.29, 1.82) is 0 Å². The first-order valence-corrected chi connectivity index (χ1v) is 8.92. The van der Waals surface area contributed by atoms with Crippen molar-refractivity contribution in [2.45, 2.75) is 25.3 Å². The van der Waals surface area contributed by atoms with Crippen LogP contribution in [-0.2, 0) is 14.4 Å². The number of carbonyl (C=O) groups excluding carboxylic acids is 3. The van der Waals surface area contributed by atoms with Crippen molar-refractivity contribution in [3.8, 4) is 0 Å². The Labute approximate surface area is 147 Å². The van der Waals surface area contributed by atoms with Crippen molar-refractivity contribution in [1.82, 2.24) is 10.2 Å². The minimum Gasteiger partial charge on any atom is -0.359 e. The van der Waals surface area contributed by atoms with Crippen LogP contribution in [-0.4, -0.2) is 29.7 Å². The molecule has 0 aromatic heterocycles. The van der Waals surface area contributed by atoms with E-state index >= 15 is 0 Å². The largest absolute Gasteiger partial charge is 0.359 e. The summed E-state index contributed by atoms with van der Waals surface area (Å²) in [6.07, 6.45) is 6.27. The molecule has 5 unspecified atom stereocenters. The van der Waals surface area contributed by atoms with Crippen LogP contribution in [0.1, 0.15) is 30.9 Å². The van der Waals surface area contributed by atoms with E-state index in [4.69, 9.17) is 0 Å². The molecule has 2 fully saturated rings. The van der Waals surface area contributed by atoms with Gasteiger partial charge in [0.05, 0.1) is 24.3 Å². The second kappa shape index (κ2) is 6.14. The molecule has 4 aliphatic rings. The average Bonchev–Trinajstić information content (AvgIpc) is 2.94. The SMILES string of the molecule is CNC(=O)CC(c1ccccc1)N1C(=O)C2C3C=CC(CC3)C2C1=O. The number of allylic oxidation sites excluding steroid dienone is 2. The van der Waals surface area contributed by atoms with Crippen LogP contribution in [0.2, 0.25) is 0 Å². The van der Waals surface area contributed by atoms with E-state index < -0.39 is 6.04 Å². The summed E-state index contributed by atoms with van der Waals surface area (Å²) in [4.78, 5) is 39.8. The van der Waals surface area contributed by atoms with E-state index in [0.29, 0.717) is 0 Å². The predicted octanol–water partition coefficient (Wildman–Crippen LogP) is 2.06. The van der Waals surface area contributed by atoms with Gasteiger partial charge in [-0.25, -0.2) is 0 Å². The lowest BCUT2D eigenvalue weighted by Gasteiger charge is -2.38. The van der Waals surface area contributed by atoms with Crippen molar-refractivity contribution in [3.63, 3.8) is 0 Å². The molecule has 130 valence electrons. The summed E-state index contributed by atoms with van der Waals surface area (Å²) in [5.41, 5.74) is 0.826. The molecule has 1 aromatic rings. The highest BCUT2D eigenvalue weighted by Crippen LogP contribution is 2.51. The molecule has 5 atom stereocenters. The summed E-state index contributed by atoms with van der Waals surface area (Å²) >= 11 is 0. The molecule has 5 heteroatoms. The summed E-state index contributed by atoms with van der Waals surface area (Å²) in [6.45, 7) is 0. The molecule has 5 nitrogen and oxygen atoms in total. The molecule has 1 aromatic carbocycles. The summed E-state index contributed by atoms with van der Waals surface area (Å²) in [6, 6.07) is 8.85. The van der Waals surface area contributed by atoms with Crippen LogP contribution in [0, 0.1) is 23.7 Å². The lowest BCUT2D eigenvalue weighted by Crippen LogP contribution is -2.38. The molecule has 3 amide bonds. The standard InChI is InChI=1S/C20H22N2O3/c1-21-16(23)11-15(12-5-3-2-4-6-12)22-19(24)17-13-7-8-14(10-9-13)18(17)20(22)25/h2-8,13-15,17-18H,9-11H2,1H3,(H,21,23). The number of amides is 3. The molecule has 1 heterocycles. The zero-order valence-electron chi connectivity index (χ0n) is 14.2. The number of benzene rings is 1. The molecule has 1 N–H and O–H groups in total. The number of fused-ring (bicyclic) bond motifs is 1. The van der Waals surface area contributed by atoms with Gasteiger partial charge in [-0.05, 0) is 30.2 Å². The Morgan fingerprint density at radius 2 is 1.64 bits per heavy atom. The smallest absolute Gasteiger partial charge is 0.234 e. The maximum absolute atomic E-state index is 13.2. The maximum atomic E-state index is 13.2. The summed E-state index contributed by atoms with van der Waals surface area (Å²) in [5, 5.41) is 2.61. The van der Waals surface area contributed by atoms with Crippen LogP contribution >= 0.6 is 0 Å². The van der Waals surface area contributed by atoms with E-state index in [2.05, 4.69) is 17.5 Å². The molecule has 0 spiro atoms. The van der Waals surface area contributed by atoms with Gasteiger partial charge in [0.1, 0.15) is 0 Å². The second-order valence-electron chi connectivity index (χ2n) is 7.19. The number of nitrogens with one attached hydrogen (secondary N) is 1. The monoisotopic (exact) mass is 338 g/mol. The molecule has 1 saturated heterocycles. The third kappa shape index (κ3) is 2.49. The van der Waals surface area contributed by atoms with E-state index in [-0.39, 0.29) is 47.8 Å². The Kier molecular flexibility index (Phi) is 3.94. The number of hydrogen-bond donors (Lipinski definition) is 1. The van der Waals surface area contributed by atoms with Crippen LogP contribution in [0.4, 0.5) is 0 Å². The number of likely N-dealkylation sites (tertiary alicyclic amines) is 1. The number of carbonyl (C=O) groups is 3. The summed E-state index contributed by atoms with van der Waals surface area (Å²) in [7, 11) is 1.57. The van der Waals surface area contributed by atoms with Crippen LogP contribution in [0.5, 0.6) is 0 Å². The van der Waals surface area contributed by atoms with Crippen LogP contribution < -0.4 is 5.32 Å². The fourth-order valence-corrected chi connectivity index (χ4v) is 4.72. The van der Waals surface area contributed by atoms with Crippen LogP contribution in [0.25, 0.3) is 0 Å². The molecule has 5 rings (SSSR count). The minimum absolute atomic E-state index is 0.0974. The summed E-state index contributed by atoms with van der Waals surface area (Å²) in [5.74, 6) is -0.552. The molecule has 1 aliphatic heterocycles. The van der Waals surface area contributed by atoms with Gasteiger partial charge in [-0.1, -0.05) is 42.5 Å². The summed E-state index contributed by atoms with van der Waals surface area (Å²) < 4.78 is 0. The van der Waals surface area contributed by atoms with Gasteiger partial charge in [-0.15, -0.1) is 0 Å². The first-order valence-electron chi connectivity index (χ1n) is 8.92. The van der Waals surface area contributed by atoms with E-state index in [1.165, 1.54) is 4.90 Å². The van der Waals surface area contributed by atoms with Crippen molar-refractivity contribution in [2.24, 2.45) is 23.7 Å². The lowest BCUT2D eigenvalue weighted by atomic mass is 9.63. The predicted molar refractivity (Wildman–Crippen MR) is 92.1 cm³/mol. The van der Waals surface area contributed by atoms with E-state index in [1.807, 2.05) is 30.3 Å². The normalized spacial score (nSPS) is 31.2. The Morgan fingerprint density at radius 3 is 2.12 bits per heavy atom. The molecular weight excluding hydrogens is 316 g/mol. The number of hydrogen-bond acceptors (Lipinski definition) is 3. The first-order chi connectivity index (χ1) is 12.1. The van der Waals surface area contributed by atoms with Gasteiger partial charge >= 0.3 is 0 Å². The van der Waals surface area contributed by atoms with Gasteiger partial charge < -0.3 is 5.32 Å². The zero-order valence-corrected chi connectivity index (χ0v) is 14.2. The van der Waals surface area contributed by atoms with E-state index in [9.17, 15) is 14.4 Å². The number of imide groups is 1. The quantitative estimate of drug-likeness (QED) is 0.675.